The Morgan fingerprint density at radius 1 is 1.08 bits per heavy atom. The molecule has 0 aromatic rings. The lowest BCUT2D eigenvalue weighted by molar-refractivity contribution is 0.195. The van der Waals surface area contributed by atoms with Crippen molar-refractivity contribution >= 4 is 17.3 Å². The summed E-state index contributed by atoms with van der Waals surface area (Å²) >= 11 is 5.00. The van der Waals surface area contributed by atoms with Crippen molar-refractivity contribution in [2.75, 3.05) is 40.5 Å². The highest BCUT2D eigenvalue weighted by atomic mass is 32.1. The van der Waals surface area contributed by atoms with Crippen LogP contribution in [0.3, 0.4) is 0 Å². The van der Waals surface area contributed by atoms with E-state index in [1.165, 1.54) is 0 Å². The molecule has 2 N–H and O–H groups in total. The predicted octanol–water partition coefficient (Wildman–Crippen LogP) is 0.133. The molecule has 4 nitrogen and oxygen atoms in total. The third kappa shape index (κ3) is 9.52. The van der Waals surface area contributed by atoms with Crippen molar-refractivity contribution in [3.63, 3.8) is 0 Å². The summed E-state index contributed by atoms with van der Waals surface area (Å²) in [4.78, 5) is 0. The highest BCUT2D eigenvalue weighted by molar-refractivity contribution is 7.80. The summed E-state index contributed by atoms with van der Waals surface area (Å²) in [5.41, 5.74) is 0. The Labute approximate surface area is 85.0 Å². The number of hydrogen-bond acceptors (Lipinski definition) is 3. The van der Waals surface area contributed by atoms with Gasteiger partial charge in [0.2, 0.25) is 0 Å². The van der Waals surface area contributed by atoms with Gasteiger partial charge in [-0.2, -0.15) is 0 Å². The summed E-state index contributed by atoms with van der Waals surface area (Å²) < 4.78 is 9.76. The molecule has 0 rings (SSSR count). The zero-order valence-electron chi connectivity index (χ0n) is 8.26. The van der Waals surface area contributed by atoms with Gasteiger partial charge in [0, 0.05) is 33.9 Å². The van der Waals surface area contributed by atoms with Gasteiger partial charge in [-0.05, 0) is 18.6 Å². The zero-order valence-corrected chi connectivity index (χ0v) is 9.08. The van der Waals surface area contributed by atoms with Crippen LogP contribution in [0.15, 0.2) is 0 Å². The van der Waals surface area contributed by atoms with Gasteiger partial charge in [-0.15, -0.1) is 0 Å². The fourth-order valence-corrected chi connectivity index (χ4v) is 0.952. The molecule has 78 valence electrons. The summed E-state index contributed by atoms with van der Waals surface area (Å²) in [6, 6.07) is 0. The normalized spacial score (nSPS) is 9.69. The van der Waals surface area contributed by atoms with Crippen LogP contribution in [0.2, 0.25) is 0 Å². The summed E-state index contributed by atoms with van der Waals surface area (Å²) in [6.45, 7) is 3.01. The molecule has 0 radical (unpaired) electrons. The molecule has 0 saturated carbocycles. The molecule has 0 aliphatic heterocycles. The van der Waals surface area contributed by atoms with Crippen molar-refractivity contribution in [1.82, 2.24) is 10.6 Å². The Balaban J connectivity index is 3.11. The first-order chi connectivity index (χ1) is 6.31. The van der Waals surface area contributed by atoms with Crippen LogP contribution in [0.25, 0.3) is 0 Å². The van der Waals surface area contributed by atoms with Crippen LogP contribution in [0.1, 0.15) is 6.42 Å². The van der Waals surface area contributed by atoms with Crippen molar-refractivity contribution in [2.45, 2.75) is 6.42 Å². The Kier molecular flexibility index (Phi) is 9.41. The van der Waals surface area contributed by atoms with E-state index in [2.05, 4.69) is 10.6 Å². The number of rotatable bonds is 7. The molecule has 0 aromatic heterocycles. The molecule has 0 heterocycles. The lowest BCUT2D eigenvalue weighted by atomic mass is 10.4. The molecule has 0 saturated heterocycles. The third-order valence-corrected chi connectivity index (χ3v) is 1.69. The smallest absolute Gasteiger partial charge is 0.166 e. The Bertz CT molecular complexity index is 133. The topological polar surface area (TPSA) is 42.5 Å². The summed E-state index contributed by atoms with van der Waals surface area (Å²) in [5, 5.41) is 6.75. The summed E-state index contributed by atoms with van der Waals surface area (Å²) in [6.07, 6.45) is 0.961. The summed E-state index contributed by atoms with van der Waals surface area (Å²) in [7, 11) is 3.35. The maximum atomic E-state index is 5.00. The fraction of sp³-hybridized carbons (Fsp3) is 0.875. The molecule has 0 aliphatic carbocycles. The van der Waals surface area contributed by atoms with Gasteiger partial charge in [0.05, 0.1) is 6.61 Å². The van der Waals surface area contributed by atoms with Gasteiger partial charge >= 0.3 is 0 Å². The Hall–Kier alpha value is -0.390. The van der Waals surface area contributed by atoms with E-state index in [-0.39, 0.29) is 0 Å². The molecule has 0 fully saturated rings. The largest absolute Gasteiger partial charge is 0.385 e. The van der Waals surface area contributed by atoms with Gasteiger partial charge < -0.3 is 20.1 Å². The molecular weight excluding hydrogens is 188 g/mol. The molecule has 0 atom stereocenters. The number of nitrogens with one attached hydrogen (secondary N) is 2. The second-order valence-electron chi connectivity index (χ2n) is 2.52. The number of methoxy groups -OCH3 is 2. The van der Waals surface area contributed by atoms with Crippen molar-refractivity contribution in [3.8, 4) is 0 Å². The second-order valence-corrected chi connectivity index (χ2v) is 2.93. The van der Waals surface area contributed by atoms with E-state index in [1.807, 2.05) is 0 Å². The number of ether oxygens (including phenoxy) is 2. The average Bonchev–Trinajstić information content (AvgIpc) is 2.13. The molecular formula is C8H18N2O2S. The first kappa shape index (κ1) is 12.6. The van der Waals surface area contributed by atoms with Gasteiger partial charge in [0.15, 0.2) is 5.11 Å². The van der Waals surface area contributed by atoms with E-state index in [1.54, 1.807) is 14.2 Å². The number of hydrogen-bond donors (Lipinski definition) is 2. The lowest BCUT2D eigenvalue weighted by Gasteiger charge is -2.09. The van der Waals surface area contributed by atoms with Crippen molar-refractivity contribution in [3.05, 3.63) is 0 Å². The average molecular weight is 206 g/mol. The van der Waals surface area contributed by atoms with E-state index >= 15 is 0 Å². The second kappa shape index (κ2) is 9.70. The molecule has 0 aliphatic rings. The SMILES string of the molecule is COCCCNC(=S)NCCOC. The predicted molar refractivity (Wildman–Crippen MR) is 57.0 cm³/mol. The van der Waals surface area contributed by atoms with Crippen LogP contribution in [-0.4, -0.2) is 45.6 Å². The van der Waals surface area contributed by atoms with Crippen LogP contribution in [0.4, 0.5) is 0 Å². The van der Waals surface area contributed by atoms with Gasteiger partial charge in [0.25, 0.3) is 0 Å². The van der Waals surface area contributed by atoms with E-state index in [9.17, 15) is 0 Å². The van der Waals surface area contributed by atoms with Gasteiger partial charge in [-0.25, -0.2) is 0 Å². The number of thiocarbonyl (C=S) groups is 1. The van der Waals surface area contributed by atoms with Gasteiger partial charge in [-0.3, -0.25) is 0 Å². The van der Waals surface area contributed by atoms with Gasteiger partial charge in [0.1, 0.15) is 0 Å². The van der Waals surface area contributed by atoms with E-state index in [0.29, 0.717) is 11.7 Å². The molecule has 13 heavy (non-hydrogen) atoms. The van der Waals surface area contributed by atoms with Crippen molar-refractivity contribution in [1.29, 1.82) is 0 Å². The highest BCUT2D eigenvalue weighted by Crippen LogP contribution is 1.77. The van der Waals surface area contributed by atoms with Gasteiger partial charge in [-0.1, -0.05) is 0 Å². The van der Waals surface area contributed by atoms with E-state index in [4.69, 9.17) is 21.7 Å². The molecule has 0 aromatic carbocycles. The first-order valence-electron chi connectivity index (χ1n) is 4.31. The Morgan fingerprint density at radius 2 is 1.69 bits per heavy atom. The third-order valence-electron chi connectivity index (χ3n) is 1.40. The molecule has 0 unspecified atom stereocenters. The molecule has 0 amide bonds. The zero-order chi connectivity index (χ0) is 9.94. The summed E-state index contributed by atoms with van der Waals surface area (Å²) in [5.74, 6) is 0. The maximum absolute atomic E-state index is 5.00. The lowest BCUT2D eigenvalue weighted by Crippen LogP contribution is -2.37. The molecule has 0 bridgehead atoms. The molecule has 0 spiro atoms. The van der Waals surface area contributed by atoms with E-state index in [0.717, 1.165) is 26.1 Å². The van der Waals surface area contributed by atoms with E-state index < -0.39 is 0 Å². The minimum Gasteiger partial charge on any atom is -0.385 e. The van der Waals surface area contributed by atoms with Crippen LogP contribution in [0, 0.1) is 0 Å². The van der Waals surface area contributed by atoms with Crippen molar-refractivity contribution in [2.24, 2.45) is 0 Å². The highest BCUT2D eigenvalue weighted by Gasteiger charge is 1.92. The Morgan fingerprint density at radius 3 is 2.31 bits per heavy atom. The van der Waals surface area contributed by atoms with Crippen LogP contribution in [0.5, 0.6) is 0 Å². The monoisotopic (exact) mass is 206 g/mol. The first-order valence-corrected chi connectivity index (χ1v) is 4.71. The minimum atomic E-state index is 0.667. The quantitative estimate of drug-likeness (QED) is 0.458. The van der Waals surface area contributed by atoms with Crippen molar-refractivity contribution < 1.29 is 9.47 Å². The van der Waals surface area contributed by atoms with Crippen LogP contribution in [-0.2, 0) is 9.47 Å². The maximum Gasteiger partial charge on any atom is 0.166 e. The standard InChI is InChI=1S/C8H18N2O2S/c1-11-6-3-4-9-8(13)10-5-7-12-2/h3-7H2,1-2H3,(H2,9,10,13). The van der Waals surface area contributed by atoms with Crippen LogP contribution >= 0.6 is 12.2 Å². The fourth-order valence-electron chi connectivity index (χ4n) is 0.748. The van der Waals surface area contributed by atoms with Crippen LogP contribution < -0.4 is 10.6 Å². The molecule has 5 heteroatoms. The minimum absolute atomic E-state index is 0.667.